The molecule has 1 atom stereocenters. The number of hydrogen-bond acceptors (Lipinski definition) is 5. The zero-order valence-corrected chi connectivity index (χ0v) is 15.7. The van der Waals surface area contributed by atoms with Crippen molar-refractivity contribution in [2.45, 2.75) is 63.0 Å². The van der Waals surface area contributed by atoms with Gasteiger partial charge in [-0.3, -0.25) is 10.1 Å². The Morgan fingerprint density at radius 1 is 1.43 bits per heavy atom. The van der Waals surface area contributed by atoms with Gasteiger partial charge in [0.25, 0.3) is 0 Å². The van der Waals surface area contributed by atoms with Gasteiger partial charge in [0.15, 0.2) is 6.29 Å². The minimum absolute atomic E-state index is 0.136. The van der Waals surface area contributed by atoms with Crippen LogP contribution in [0.3, 0.4) is 0 Å². The Hall–Kier alpha value is -0.920. The fourth-order valence-corrected chi connectivity index (χ4v) is 2.23. The van der Waals surface area contributed by atoms with Gasteiger partial charge in [0.05, 0.1) is 16.6 Å². The highest BCUT2D eigenvalue weighted by Crippen LogP contribution is 2.27. The number of halogens is 1. The summed E-state index contributed by atoms with van der Waals surface area (Å²) in [6.07, 6.45) is 3.02. The lowest BCUT2D eigenvalue weighted by Gasteiger charge is -2.28. The van der Waals surface area contributed by atoms with E-state index in [1.54, 1.807) is 19.9 Å². The number of aromatic nitrogens is 1. The molecule has 1 aromatic heterocycles. The molecule has 130 valence electrons. The maximum Gasteiger partial charge on any atom is 0.243 e. The minimum atomic E-state index is -0.670. The average molecular weight is 389 g/mol. The fourth-order valence-electron chi connectivity index (χ4n) is 2.13. The number of alkyl halides is 1. The lowest BCUT2D eigenvalue weighted by molar-refractivity contribution is -0.170. The predicted octanol–water partition coefficient (Wildman–Crippen LogP) is 3.61. The van der Waals surface area contributed by atoms with Crippen LogP contribution in [0, 0.1) is 0 Å². The summed E-state index contributed by atoms with van der Waals surface area (Å²) in [5.74, 6) is 0.143. The van der Waals surface area contributed by atoms with Crippen LogP contribution in [0.15, 0.2) is 10.6 Å². The Morgan fingerprint density at radius 2 is 2.17 bits per heavy atom. The molecule has 2 heterocycles. The molecule has 0 aromatic carbocycles. The third-order valence-corrected chi connectivity index (χ3v) is 4.11. The summed E-state index contributed by atoms with van der Waals surface area (Å²) in [7, 11) is 0. The highest BCUT2D eigenvalue weighted by atomic mass is 79.9. The molecule has 1 aliphatic heterocycles. The van der Waals surface area contributed by atoms with Crippen molar-refractivity contribution in [3.8, 4) is 0 Å². The molecule has 23 heavy (non-hydrogen) atoms. The van der Waals surface area contributed by atoms with E-state index in [1.807, 2.05) is 13.8 Å². The lowest BCUT2D eigenvalue weighted by Crippen LogP contribution is -2.31. The SMILES string of the molecule is CC(C)(Br)C(=O)Nc1cc(C(C)(C)COC2CCCCO2)no1. The van der Waals surface area contributed by atoms with Crippen molar-refractivity contribution < 1.29 is 18.8 Å². The molecule has 1 saturated heterocycles. The Bertz CT molecular complexity index is 530. The zero-order valence-electron chi connectivity index (χ0n) is 14.1. The first kappa shape index (κ1) is 18.4. The molecule has 1 N–H and O–H groups in total. The van der Waals surface area contributed by atoms with Crippen LogP contribution in [0.4, 0.5) is 5.88 Å². The predicted molar refractivity (Wildman–Crippen MR) is 90.7 cm³/mol. The van der Waals surface area contributed by atoms with E-state index in [9.17, 15) is 4.79 Å². The molecule has 0 spiro atoms. The van der Waals surface area contributed by atoms with Gasteiger partial charge < -0.3 is 14.0 Å². The zero-order chi connectivity index (χ0) is 17.1. The lowest BCUT2D eigenvalue weighted by atomic mass is 9.90. The Kier molecular flexibility index (Phi) is 5.86. The average Bonchev–Trinajstić information content (AvgIpc) is 2.95. The van der Waals surface area contributed by atoms with Gasteiger partial charge in [0, 0.05) is 18.1 Å². The first-order chi connectivity index (χ1) is 10.7. The van der Waals surface area contributed by atoms with E-state index < -0.39 is 4.32 Å². The molecule has 2 rings (SSSR count). The first-order valence-corrected chi connectivity index (χ1v) is 8.68. The third kappa shape index (κ3) is 5.29. The van der Waals surface area contributed by atoms with E-state index >= 15 is 0 Å². The second-order valence-electron chi connectivity index (χ2n) is 6.99. The Balaban J connectivity index is 1.93. The van der Waals surface area contributed by atoms with Crippen molar-refractivity contribution in [2.24, 2.45) is 0 Å². The number of carbonyl (C=O) groups is 1. The van der Waals surface area contributed by atoms with Crippen molar-refractivity contribution >= 4 is 27.7 Å². The molecular weight excluding hydrogens is 364 g/mol. The van der Waals surface area contributed by atoms with E-state index in [0.29, 0.717) is 12.5 Å². The first-order valence-electron chi connectivity index (χ1n) is 7.89. The Labute approximate surface area is 145 Å². The number of nitrogens with one attached hydrogen (secondary N) is 1. The number of rotatable bonds is 6. The molecule has 1 fully saturated rings. The summed E-state index contributed by atoms with van der Waals surface area (Å²) in [4.78, 5) is 11.9. The number of carbonyl (C=O) groups excluding carboxylic acids is 1. The highest BCUT2D eigenvalue weighted by molar-refractivity contribution is 9.10. The Morgan fingerprint density at radius 3 is 2.78 bits per heavy atom. The van der Waals surface area contributed by atoms with Crippen LogP contribution in [0.1, 0.15) is 52.7 Å². The topological polar surface area (TPSA) is 73.6 Å². The van der Waals surface area contributed by atoms with Gasteiger partial charge in [0.2, 0.25) is 11.8 Å². The molecule has 0 aliphatic carbocycles. The van der Waals surface area contributed by atoms with Crippen molar-refractivity contribution in [3.63, 3.8) is 0 Å². The van der Waals surface area contributed by atoms with Crippen molar-refractivity contribution in [3.05, 3.63) is 11.8 Å². The van der Waals surface area contributed by atoms with Crippen LogP contribution < -0.4 is 5.32 Å². The minimum Gasteiger partial charge on any atom is -0.353 e. The van der Waals surface area contributed by atoms with E-state index in [-0.39, 0.29) is 17.6 Å². The van der Waals surface area contributed by atoms with Gasteiger partial charge in [-0.2, -0.15) is 0 Å². The van der Waals surface area contributed by atoms with Gasteiger partial charge in [-0.25, -0.2) is 0 Å². The van der Waals surface area contributed by atoms with Crippen LogP contribution >= 0.6 is 15.9 Å². The largest absolute Gasteiger partial charge is 0.353 e. The molecular formula is C16H25BrN2O4. The second kappa shape index (κ2) is 7.32. The quantitative estimate of drug-likeness (QED) is 0.753. The maximum absolute atomic E-state index is 11.9. The van der Waals surface area contributed by atoms with Gasteiger partial charge in [-0.15, -0.1) is 0 Å². The monoisotopic (exact) mass is 388 g/mol. The van der Waals surface area contributed by atoms with E-state index in [1.165, 1.54) is 0 Å². The summed E-state index contributed by atoms with van der Waals surface area (Å²) in [5.41, 5.74) is 0.396. The van der Waals surface area contributed by atoms with Crippen molar-refractivity contribution in [1.82, 2.24) is 5.16 Å². The summed E-state index contributed by atoms with van der Waals surface area (Å²) < 4.78 is 16.0. The van der Waals surface area contributed by atoms with Crippen LogP contribution in [-0.4, -0.2) is 34.9 Å². The van der Waals surface area contributed by atoms with Crippen LogP contribution in [-0.2, 0) is 19.7 Å². The van der Waals surface area contributed by atoms with E-state index in [2.05, 4.69) is 26.4 Å². The summed E-state index contributed by atoms with van der Waals surface area (Å²) in [6, 6.07) is 1.74. The molecule has 1 amide bonds. The van der Waals surface area contributed by atoms with Crippen molar-refractivity contribution in [1.29, 1.82) is 0 Å². The fraction of sp³-hybridized carbons (Fsp3) is 0.750. The van der Waals surface area contributed by atoms with E-state index in [0.717, 1.165) is 31.6 Å². The normalized spacial score (nSPS) is 19.6. The molecule has 0 bridgehead atoms. The molecule has 6 nitrogen and oxygen atoms in total. The number of ether oxygens (including phenoxy) is 2. The van der Waals surface area contributed by atoms with Crippen LogP contribution in [0.5, 0.6) is 0 Å². The van der Waals surface area contributed by atoms with Crippen LogP contribution in [0.25, 0.3) is 0 Å². The highest BCUT2D eigenvalue weighted by Gasteiger charge is 2.29. The smallest absolute Gasteiger partial charge is 0.243 e. The summed E-state index contributed by atoms with van der Waals surface area (Å²) >= 11 is 3.31. The number of hydrogen-bond donors (Lipinski definition) is 1. The molecule has 1 aliphatic rings. The summed E-state index contributed by atoms with van der Waals surface area (Å²) in [5, 5.41) is 6.76. The van der Waals surface area contributed by atoms with Crippen molar-refractivity contribution in [2.75, 3.05) is 18.5 Å². The number of anilines is 1. The molecule has 0 radical (unpaired) electrons. The number of nitrogens with zero attached hydrogens (tertiary/aromatic N) is 1. The maximum atomic E-state index is 11.9. The van der Waals surface area contributed by atoms with Gasteiger partial charge in [-0.1, -0.05) is 34.9 Å². The standard InChI is InChI=1S/C16H25BrN2O4/c1-15(2,10-22-13-7-5-6-8-21-13)11-9-12(23-19-11)18-14(20)16(3,4)17/h9,13H,5-8,10H2,1-4H3,(H,18,20). The summed E-state index contributed by atoms with van der Waals surface area (Å²) in [6.45, 7) is 8.81. The van der Waals surface area contributed by atoms with Gasteiger partial charge in [-0.05, 0) is 33.1 Å². The van der Waals surface area contributed by atoms with Gasteiger partial charge in [0.1, 0.15) is 0 Å². The number of amides is 1. The third-order valence-electron chi connectivity index (χ3n) is 3.75. The molecule has 0 saturated carbocycles. The molecule has 1 aromatic rings. The van der Waals surface area contributed by atoms with Gasteiger partial charge >= 0.3 is 0 Å². The molecule has 1 unspecified atom stereocenters. The molecule has 7 heteroatoms. The van der Waals surface area contributed by atoms with E-state index in [4.69, 9.17) is 14.0 Å². The second-order valence-corrected chi connectivity index (χ2v) is 8.98. The van der Waals surface area contributed by atoms with Crippen LogP contribution in [0.2, 0.25) is 0 Å².